The Kier molecular flexibility index (Phi) is 4.93. The number of hydrogen-bond donors (Lipinski definition) is 0. The number of carbonyl (C=O) groups is 1. The number of amides is 1. The third-order valence-corrected chi connectivity index (χ3v) is 4.98. The van der Waals surface area contributed by atoms with Crippen LogP contribution in [0, 0.1) is 5.41 Å². The van der Waals surface area contributed by atoms with Crippen LogP contribution in [0.2, 0.25) is 10.0 Å². The summed E-state index contributed by atoms with van der Waals surface area (Å²) >= 11 is 12.1. The van der Waals surface area contributed by atoms with E-state index in [0.29, 0.717) is 16.6 Å². The van der Waals surface area contributed by atoms with Gasteiger partial charge in [-0.3, -0.25) is 4.79 Å². The zero-order valence-corrected chi connectivity index (χ0v) is 15.1. The van der Waals surface area contributed by atoms with Crippen molar-refractivity contribution in [2.75, 3.05) is 13.1 Å². The molecule has 2 rings (SSSR count). The Bertz CT molecular complexity index is 605. The summed E-state index contributed by atoms with van der Waals surface area (Å²) in [7, 11) is 0. The average molecular weight is 340 g/mol. The fourth-order valence-corrected chi connectivity index (χ4v) is 3.11. The molecule has 1 aromatic carbocycles. The molecule has 1 amide bonds. The zero-order valence-electron chi connectivity index (χ0n) is 13.6. The molecule has 1 heterocycles. The smallest absolute Gasteiger partial charge is 0.232 e. The van der Waals surface area contributed by atoms with Gasteiger partial charge in [0.05, 0.1) is 15.5 Å². The Hall–Kier alpha value is -0.990. The van der Waals surface area contributed by atoms with Crippen LogP contribution in [0.5, 0.6) is 0 Å². The van der Waals surface area contributed by atoms with E-state index in [2.05, 4.69) is 26.0 Å². The molecular weight excluding hydrogens is 317 g/mol. The van der Waals surface area contributed by atoms with Crippen LogP contribution < -0.4 is 0 Å². The van der Waals surface area contributed by atoms with Crippen molar-refractivity contribution < 1.29 is 4.79 Å². The molecular formula is C18H23Cl2NO. The van der Waals surface area contributed by atoms with E-state index in [1.807, 2.05) is 24.8 Å². The Labute approximate surface area is 143 Å². The highest BCUT2D eigenvalue weighted by Gasteiger charge is 2.36. The molecule has 0 radical (unpaired) electrons. The van der Waals surface area contributed by atoms with Crippen LogP contribution in [-0.4, -0.2) is 23.9 Å². The van der Waals surface area contributed by atoms with Gasteiger partial charge in [0.15, 0.2) is 0 Å². The second-order valence-corrected chi connectivity index (χ2v) is 8.09. The molecule has 0 saturated carbocycles. The van der Waals surface area contributed by atoms with Gasteiger partial charge in [-0.25, -0.2) is 0 Å². The maximum Gasteiger partial charge on any atom is 0.232 e. The van der Waals surface area contributed by atoms with E-state index in [1.165, 1.54) is 0 Å². The van der Waals surface area contributed by atoms with E-state index < -0.39 is 5.41 Å². The largest absolute Gasteiger partial charge is 0.338 e. The van der Waals surface area contributed by atoms with E-state index in [0.717, 1.165) is 18.5 Å². The van der Waals surface area contributed by atoms with E-state index in [-0.39, 0.29) is 11.3 Å². The number of rotatable bonds is 2. The van der Waals surface area contributed by atoms with Gasteiger partial charge in [-0.15, -0.1) is 0 Å². The van der Waals surface area contributed by atoms with Gasteiger partial charge in [-0.1, -0.05) is 55.3 Å². The first-order valence-corrected chi connectivity index (χ1v) is 8.29. The first-order chi connectivity index (χ1) is 10.1. The van der Waals surface area contributed by atoms with E-state index in [9.17, 15) is 4.79 Å². The summed E-state index contributed by atoms with van der Waals surface area (Å²) in [5.74, 6) is 0.116. The Morgan fingerprint density at radius 2 is 1.86 bits per heavy atom. The van der Waals surface area contributed by atoms with E-state index in [4.69, 9.17) is 23.2 Å². The summed E-state index contributed by atoms with van der Waals surface area (Å²) in [6, 6.07) is 5.42. The molecule has 0 N–H and O–H groups in total. The molecule has 1 aromatic rings. The quantitative estimate of drug-likeness (QED) is 0.687. The van der Waals surface area contributed by atoms with E-state index in [1.54, 1.807) is 12.1 Å². The predicted octanol–water partition coefficient (Wildman–Crippen LogP) is 5.09. The topological polar surface area (TPSA) is 20.3 Å². The average Bonchev–Trinajstić information content (AvgIpc) is 2.61. The molecule has 0 atom stereocenters. The van der Waals surface area contributed by atoms with Crippen LogP contribution in [-0.2, 0) is 10.2 Å². The maximum absolute atomic E-state index is 13.1. The first kappa shape index (κ1) is 17.4. The van der Waals surface area contributed by atoms with Crippen molar-refractivity contribution >= 4 is 29.1 Å². The van der Waals surface area contributed by atoms with Crippen molar-refractivity contribution in [2.45, 2.75) is 39.5 Å². The van der Waals surface area contributed by atoms with Crippen molar-refractivity contribution in [1.82, 2.24) is 4.90 Å². The normalized spacial score (nSPS) is 18.2. The second-order valence-electron chi connectivity index (χ2n) is 7.28. The molecule has 0 aromatic heterocycles. The van der Waals surface area contributed by atoms with E-state index >= 15 is 0 Å². The molecule has 0 bridgehead atoms. The lowest BCUT2D eigenvalue weighted by atomic mass is 9.82. The molecule has 0 unspecified atom stereocenters. The van der Waals surface area contributed by atoms with Crippen molar-refractivity contribution in [1.29, 1.82) is 0 Å². The van der Waals surface area contributed by atoms with Gasteiger partial charge in [-0.2, -0.15) is 0 Å². The Morgan fingerprint density at radius 1 is 1.18 bits per heavy atom. The molecule has 1 aliphatic heterocycles. The Balaban J connectivity index is 2.29. The first-order valence-electron chi connectivity index (χ1n) is 7.53. The molecule has 4 heteroatoms. The van der Waals surface area contributed by atoms with Gasteiger partial charge >= 0.3 is 0 Å². The van der Waals surface area contributed by atoms with Crippen molar-refractivity contribution in [3.05, 3.63) is 46.0 Å². The highest BCUT2D eigenvalue weighted by Crippen LogP contribution is 2.33. The Morgan fingerprint density at radius 3 is 2.50 bits per heavy atom. The molecule has 2 nitrogen and oxygen atoms in total. The van der Waals surface area contributed by atoms with Crippen molar-refractivity contribution in [2.24, 2.45) is 5.41 Å². The molecule has 120 valence electrons. The fourth-order valence-electron chi connectivity index (χ4n) is 2.81. The zero-order chi connectivity index (χ0) is 16.5. The molecule has 0 saturated heterocycles. The van der Waals surface area contributed by atoms with Gasteiger partial charge in [0.25, 0.3) is 0 Å². The van der Waals surface area contributed by atoms with Crippen molar-refractivity contribution in [3.8, 4) is 0 Å². The van der Waals surface area contributed by atoms with Gasteiger partial charge < -0.3 is 4.90 Å². The third-order valence-electron chi connectivity index (χ3n) is 4.24. The van der Waals surface area contributed by atoms with Crippen LogP contribution in [0.15, 0.2) is 30.4 Å². The minimum Gasteiger partial charge on any atom is -0.338 e. The number of benzene rings is 1. The minimum atomic E-state index is -0.636. The predicted molar refractivity (Wildman–Crippen MR) is 93.6 cm³/mol. The van der Waals surface area contributed by atoms with Gasteiger partial charge in [0, 0.05) is 13.1 Å². The lowest BCUT2D eigenvalue weighted by Crippen LogP contribution is -2.46. The van der Waals surface area contributed by atoms with Gasteiger partial charge in [-0.05, 0) is 43.4 Å². The van der Waals surface area contributed by atoms with Crippen LogP contribution in [0.3, 0.4) is 0 Å². The van der Waals surface area contributed by atoms with Crippen LogP contribution >= 0.6 is 23.2 Å². The summed E-state index contributed by atoms with van der Waals surface area (Å²) in [4.78, 5) is 15.0. The highest BCUT2D eigenvalue weighted by molar-refractivity contribution is 6.42. The molecule has 1 aliphatic rings. The van der Waals surface area contributed by atoms with Gasteiger partial charge in [0.2, 0.25) is 5.91 Å². The second kappa shape index (κ2) is 6.25. The molecule has 0 fully saturated rings. The maximum atomic E-state index is 13.1. The fraction of sp³-hybridized carbons (Fsp3) is 0.500. The number of halogens is 2. The van der Waals surface area contributed by atoms with Crippen LogP contribution in [0.25, 0.3) is 0 Å². The summed E-state index contributed by atoms with van der Waals surface area (Å²) in [5.41, 5.74) is 0.344. The number of carbonyl (C=O) groups excluding carboxylic acids is 1. The summed E-state index contributed by atoms with van der Waals surface area (Å²) in [6.07, 6.45) is 5.24. The van der Waals surface area contributed by atoms with Crippen molar-refractivity contribution in [3.63, 3.8) is 0 Å². The minimum absolute atomic E-state index is 0.0936. The molecule has 22 heavy (non-hydrogen) atoms. The molecule has 0 aliphatic carbocycles. The third kappa shape index (κ3) is 3.67. The monoisotopic (exact) mass is 339 g/mol. The summed E-state index contributed by atoms with van der Waals surface area (Å²) < 4.78 is 0. The number of hydrogen-bond acceptors (Lipinski definition) is 1. The van der Waals surface area contributed by atoms with Gasteiger partial charge in [0.1, 0.15) is 0 Å². The molecule has 0 spiro atoms. The standard InChI is InChI=1S/C18H23Cl2NO/c1-17(2)9-5-6-10-21(12-17)16(22)18(3,4)13-7-8-14(19)15(20)11-13/h5-8,11H,9-10,12H2,1-4H3. The number of nitrogens with zero attached hydrogens (tertiary/aromatic N) is 1. The summed E-state index contributed by atoms with van der Waals surface area (Å²) in [6.45, 7) is 9.67. The van der Waals surface area contributed by atoms with Crippen LogP contribution in [0.4, 0.5) is 0 Å². The highest BCUT2D eigenvalue weighted by atomic mass is 35.5. The lowest BCUT2D eigenvalue weighted by molar-refractivity contribution is -0.137. The number of allylic oxidation sites excluding steroid dienone is 1. The lowest BCUT2D eigenvalue weighted by Gasteiger charge is -2.35. The van der Waals surface area contributed by atoms with Crippen LogP contribution in [0.1, 0.15) is 39.7 Å². The SMILES string of the molecule is CC1(C)CC=CCN(C(=O)C(C)(C)c2ccc(Cl)c(Cl)c2)C1. The summed E-state index contributed by atoms with van der Waals surface area (Å²) in [5, 5.41) is 0.989.